The van der Waals surface area contributed by atoms with E-state index in [-0.39, 0.29) is 5.69 Å². The van der Waals surface area contributed by atoms with Crippen molar-refractivity contribution in [3.8, 4) is 0 Å². The van der Waals surface area contributed by atoms with Crippen molar-refractivity contribution in [3.63, 3.8) is 0 Å². The number of hydrogen-bond donors (Lipinski definition) is 2. The van der Waals surface area contributed by atoms with Crippen molar-refractivity contribution in [1.82, 2.24) is 0 Å². The lowest BCUT2D eigenvalue weighted by molar-refractivity contribution is -0.385. The van der Waals surface area contributed by atoms with Crippen LogP contribution in [-0.4, -0.2) is 16.0 Å². The summed E-state index contributed by atoms with van der Waals surface area (Å²) in [4.78, 5) is 20.8. The minimum atomic E-state index is -1.51. The van der Waals surface area contributed by atoms with Crippen LogP contribution >= 0.6 is 11.6 Å². The highest BCUT2D eigenvalue weighted by atomic mass is 35.5. The van der Waals surface area contributed by atoms with Crippen LogP contribution in [0.5, 0.6) is 0 Å². The molecule has 0 unspecified atom stereocenters. The molecule has 0 saturated carbocycles. The molecule has 0 bridgehead atoms. The van der Waals surface area contributed by atoms with Gasteiger partial charge in [-0.05, 0) is 30.3 Å². The largest absolute Gasteiger partial charge is 0.477 e. The Morgan fingerprint density at radius 2 is 1.90 bits per heavy atom. The molecule has 6 nitrogen and oxygen atoms in total. The zero-order valence-electron chi connectivity index (χ0n) is 10.3. The Bertz CT molecular complexity index is 719. The molecule has 2 rings (SSSR count). The van der Waals surface area contributed by atoms with Crippen LogP contribution in [0, 0.1) is 15.9 Å². The third kappa shape index (κ3) is 3.26. The molecule has 0 fully saturated rings. The van der Waals surface area contributed by atoms with E-state index in [1.165, 1.54) is 0 Å². The van der Waals surface area contributed by atoms with Crippen LogP contribution in [0.3, 0.4) is 0 Å². The van der Waals surface area contributed by atoms with E-state index in [9.17, 15) is 19.3 Å². The van der Waals surface area contributed by atoms with Gasteiger partial charge in [0.1, 0.15) is 5.56 Å². The van der Waals surface area contributed by atoms with Gasteiger partial charge in [0.25, 0.3) is 5.69 Å². The molecular formula is C13H8ClFN2O4. The number of rotatable bonds is 4. The van der Waals surface area contributed by atoms with Gasteiger partial charge in [-0.25, -0.2) is 9.18 Å². The fourth-order valence-corrected chi connectivity index (χ4v) is 1.80. The van der Waals surface area contributed by atoms with Gasteiger partial charge in [0.05, 0.1) is 16.7 Å². The van der Waals surface area contributed by atoms with E-state index in [1.807, 2.05) is 0 Å². The summed E-state index contributed by atoms with van der Waals surface area (Å²) in [6.45, 7) is 0. The molecule has 0 amide bonds. The summed E-state index contributed by atoms with van der Waals surface area (Å²) in [6, 6.07) is 7.69. The fourth-order valence-electron chi connectivity index (χ4n) is 1.67. The zero-order valence-corrected chi connectivity index (χ0v) is 11.1. The van der Waals surface area contributed by atoms with Gasteiger partial charge in [-0.15, -0.1) is 0 Å². The predicted octanol–water partition coefficient (Wildman–Crippen LogP) is 3.83. The number of anilines is 2. The monoisotopic (exact) mass is 310 g/mol. The molecule has 0 spiro atoms. The Hall–Kier alpha value is -2.67. The van der Waals surface area contributed by atoms with Crippen LogP contribution in [0.2, 0.25) is 5.02 Å². The molecule has 0 radical (unpaired) electrons. The maximum Gasteiger partial charge on any atom is 0.342 e. The Morgan fingerprint density at radius 3 is 2.43 bits per heavy atom. The highest BCUT2D eigenvalue weighted by Crippen LogP contribution is 2.28. The first-order valence-corrected chi connectivity index (χ1v) is 6.00. The summed E-state index contributed by atoms with van der Waals surface area (Å²) < 4.78 is 13.8. The number of nitro benzene ring substituents is 1. The van der Waals surface area contributed by atoms with Gasteiger partial charge >= 0.3 is 5.97 Å². The van der Waals surface area contributed by atoms with Crippen molar-refractivity contribution in [3.05, 3.63) is 62.9 Å². The molecule has 2 aromatic carbocycles. The molecule has 0 heterocycles. The summed E-state index contributed by atoms with van der Waals surface area (Å²) in [5, 5.41) is 22.8. The van der Waals surface area contributed by atoms with E-state index in [1.54, 1.807) is 24.3 Å². The lowest BCUT2D eigenvalue weighted by atomic mass is 10.1. The summed E-state index contributed by atoms with van der Waals surface area (Å²) in [7, 11) is 0. The van der Waals surface area contributed by atoms with Crippen LogP contribution in [0.4, 0.5) is 21.5 Å². The Balaban J connectivity index is 2.44. The quantitative estimate of drug-likeness (QED) is 0.661. The van der Waals surface area contributed by atoms with Crippen molar-refractivity contribution in [2.75, 3.05) is 5.32 Å². The summed E-state index contributed by atoms with van der Waals surface area (Å²) in [5.41, 5.74) is -1.12. The van der Waals surface area contributed by atoms with Gasteiger partial charge in [0.15, 0.2) is 5.82 Å². The molecule has 21 heavy (non-hydrogen) atoms. The number of nitrogens with one attached hydrogen (secondary N) is 1. The van der Waals surface area contributed by atoms with Gasteiger partial charge in [-0.2, -0.15) is 0 Å². The van der Waals surface area contributed by atoms with Crippen molar-refractivity contribution < 1.29 is 19.2 Å². The Labute approximate surface area is 122 Å². The van der Waals surface area contributed by atoms with E-state index < -0.39 is 28.0 Å². The van der Waals surface area contributed by atoms with Gasteiger partial charge in [-0.1, -0.05) is 11.6 Å². The maximum atomic E-state index is 13.8. The van der Waals surface area contributed by atoms with Crippen LogP contribution < -0.4 is 5.32 Å². The molecule has 0 aliphatic carbocycles. The molecule has 0 atom stereocenters. The van der Waals surface area contributed by atoms with Gasteiger partial charge in [0, 0.05) is 10.7 Å². The molecule has 0 saturated heterocycles. The van der Waals surface area contributed by atoms with E-state index >= 15 is 0 Å². The van der Waals surface area contributed by atoms with E-state index in [2.05, 4.69) is 5.32 Å². The molecule has 2 aromatic rings. The second-order valence-electron chi connectivity index (χ2n) is 4.04. The first-order valence-electron chi connectivity index (χ1n) is 5.62. The van der Waals surface area contributed by atoms with Crippen LogP contribution in [0.15, 0.2) is 36.4 Å². The first kappa shape index (κ1) is 14.7. The predicted molar refractivity (Wildman–Crippen MR) is 74.7 cm³/mol. The number of hydrogen-bond acceptors (Lipinski definition) is 4. The molecule has 0 aromatic heterocycles. The average molecular weight is 311 g/mol. The van der Waals surface area contributed by atoms with Crippen molar-refractivity contribution in [2.24, 2.45) is 0 Å². The smallest absolute Gasteiger partial charge is 0.342 e. The van der Waals surface area contributed by atoms with E-state index in [0.717, 1.165) is 6.07 Å². The minimum Gasteiger partial charge on any atom is -0.477 e. The van der Waals surface area contributed by atoms with Crippen LogP contribution in [-0.2, 0) is 0 Å². The number of nitrogens with zero attached hydrogens (tertiary/aromatic N) is 1. The number of carboxylic acids is 1. The number of carboxylic acid groups (broad SMARTS) is 1. The van der Waals surface area contributed by atoms with Gasteiger partial charge < -0.3 is 10.4 Å². The molecule has 108 valence electrons. The average Bonchev–Trinajstić information content (AvgIpc) is 2.42. The number of aromatic carboxylic acids is 1. The third-order valence-corrected chi connectivity index (χ3v) is 2.89. The maximum absolute atomic E-state index is 13.8. The minimum absolute atomic E-state index is 0.180. The molecule has 2 N–H and O–H groups in total. The SMILES string of the molecule is O=C(O)c1cc(Nc2ccc(Cl)cc2)c(F)cc1[N+](=O)[O-]. The summed E-state index contributed by atoms with van der Waals surface area (Å²) in [6.07, 6.45) is 0. The highest BCUT2D eigenvalue weighted by Gasteiger charge is 2.23. The van der Waals surface area contributed by atoms with Gasteiger partial charge in [0.2, 0.25) is 0 Å². The fraction of sp³-hybridized carbons (Fsp3) is 0. The topological polar surface area (TPSA) is 92.5 Å². The molecular weight excluding hydrogens is 303 g/mol. The van der Waals surface area contributed by atoms with Gasteiger partial charge in [-0.3, -0.25) is 10.1 Å². The van der Waals surface area contributed by atoms with Crippen molar-refractivity contribution in [2.45, 2.75) is 0 Å². The second kappa shape index (κ2) is 5.76. The molecule has 8 heteroatoms. The van der Waals surface area contributed by atoms with E-state index in [0.29, 0.717) is 16.8 Å². The zero-order chi connectivity index (χ0) is 15.6. The third-order valence-electron chi connectivity index (χ3n) is 2.64. The number of carbonyl (C=O) groups is 1. The first-order chi connectivity index (χ1) is 9.88. The number of nitro groups is 1. The normalized spacial score (nSPS) is 10.2. The Morgan fingerprint density at radius 1 is 1.29 bits per heavy atom. The molecule has 0 aliphatic heterocycles. The highest BCUT2D eigenvalue weighted by molar-refractivity contribution is 6.30. The standard InChI is InChI=1S/C13H8ClFN2O4/c14-7-1-3-8(4-2-7)16-11-5-9(13(18)19)12(17(20)21)6-10(11)15/h1-6,16H,(H,18,19). The number of halogens is 2. The lowest BCUT2D eigenvalue weighted by Gasteiger charge is -2.09. The van der Waals surface area contributed by atoms with E-state index in [4.69, 9.17) is 16.7 Å². The van der Waals surface area contributed by atoms with Crippen molar-refractivity contribution >= 4 is 34.6 Å². The number of benzene rings is 2. The van der Waals surface area contributed by atoms with Crippen LogP contribution in [0.1, 0.15) is 10.4 Å². The summed E-state index contributed by atoms with van der Waals surface area (Å²) in [5.74, 6) is -2.44. The van der Waals surface area contributed by atoms with Crippen LogP contribution in [0.25, 0.3) is 0 Å². The Kier molecular flexibility index (Phi) is 4.04. The second-order valence-corrected chi connectivity index (χ2v) is 4.48. The summed E-state index contributed by atoms with van der Waals surface area (Å²) >= 11 is 5.71. The van der Waals surface area contributed by atoms with Crippen molar-refractivity contribution in [1.29, 1.82) is 0 Å². The molecule has 0 aliphatic rings. The lowest BCUT2D eigenvalue weighted by Crippen LogP contribution is -2.05.